The second-order valence-corrected chi connectivity index (χ2v) is 8.04. The maximum Gasteiger partial charge on any atom is 0.295 e. The molecule has 0 bridgehead atoms. The number of hydrogen-bond acceptors (Lipinski definition) is 6. The maximum absolute atomic E-state index is 13.1. The summed E-state index contributed by atoms with van der Waals surface area (Å²) in [6, 6.07) is 17.0. The van der Waals surface area contributed by atoms with E-state index in [-0.39, 0.29) is 17.9 Å². The van der Waals surface area contributed by atoms with Gasteiger partial charge in [0.15, 0.2) is 0 Å². The third-order valence-corrected chi connectivity index (χ3v) is 6.08. The van der Waals surface area contributed by atoms with E-state index >= 15 is 0 Å². The molecular weight excluding hydrogens is 414 g/mol. The van der Waals surface area contributed by atoms with E-state index in [4.69, 9.17) is 9.47 Å². The van der Waals surface area contributed by atoms with Crippen molar-refractivity contribution in [2.24, 2.45) is 0 Å². The van der Waals surface area contributed by atoms with Crippen molar-refractivity contribution in [2.75, 3.05) is 14.2 Å². The lowest BCUT2D eigenvalue weighted by atomic mass is 9.95. The number of carbonyl (C=O) groups is 2. The van der Waals surface area contributed by atoms with Crippen molar-refractivity contribution in [2.45, 2.75) is 12.6 Å². The van der Waals surface area contributed by atoms with Gasteiger partial charge in [-0.05, 0) is 41.3 Å². The number of ketones is 1. The summed E-state index contributed by atoms with van der Waals surface area (Å²) >= 11 is 1.51. The Morgan fingerprint density at radius 1 is 1.00 bits per heavy atom. The number of thiophene rings is 1. The van der Waals surface area contributed by atoms with E-state index in [2.05, 4.69) is 0 Å². The number of benzene rings is 2. The third-order valence-electron chi connectivity index (χ3n) is 5.22. The van der Waals surface area contributed by atoms with Crippen molar-refractivity contribution in [3.63, 3.8) is 0 Å². The number of rotatable bonds is 6. The molecule has 1 aromatic heterocycles. The Balaban J connectivity index is 1.86. The van der Waals surface area contributed by atoms with Crippen molar-refractivity contribution in [3.8, 4) is 11.5 Å². The number of methoxy groups -OCH3 is 2. The molecule has 1 fully saturated rings. The fourth-order valence-corrected chi connectivity index (χ4v) is 4.37. The van der Waals surface area contributed by atoms with E-state index < -0.39 is 17.7 Å². The highest BCUT2D eigenvalue weighted by atomic mass is 32.1. The Labute approximate surface area is 184 Å². The van der Waals surface area contributed by atoms with Crippen LogP contribution >= 0.6 is 11.3 Å². The van der Waals surface area contributed by atoms with Gasteiger partial charge in [0.2, 0.25) is 0 Å². The van der Waals surface area contributed by atoms with E-state index in [1.807, 2.05) is 17.5 Å². The topological polar surface area (TPSA) is 76.1 Å². The molecule has 1 N–H and O–H groups in total. The minimum Gasteiger partial charge on any atom is -0.507 e. The van der Waals surface area contributed by atoms with Crippen LogP contribution < -0.4 is 9.47 Å². The van der Waals surface area contributed by atoms with Crippen molar-refractivity contribution in [1.82, 2.24) is 4.90 Å². The predicted molar refractivity (Wildman–Crippen MR) is 118 cm³/mol. The molecule has 1 aliphatic heterocycles. The van der Waals surface area contributed by atoms with Crippen LogP contribution in [0.4, 0.5) is 0 Å². The van der Waals surface area contributed by atoms with Crippen LogP contribution in [0.2, 0.25) is 0 Å². The van der Waals surface area contributed by atoms with Gasteiger partial charge in [-0.25, -0.2) is 0 Å². The van der Waals surface area contributed by atoms with Gasteiger partial charge in [0.25, 0.3) is 11.7 Å². The lowest BCUT2D eigenvalue weighted by Crippen LogP contribution is -2.28. The van der Waals surface area contributed by atoms with Crippen LogP contribution in [-0.4, -0.2) is 35.9 Å². The first-order chi connectivity index (χ1) is 15.0. The van der Waals surface area contributed by atoms with Gasteiger partial charge < -0.3 is 19.5 Å². The number of aliphatic hydroxyl groups excluding tert-OH is 1. The molecule has 1 amide bonds. The molecule has 1 atom stereocenters. The summed E-state index contributed by atoms with van der Waals surface area (Å²) in [6.07, 6.45) is 0. The fraction of sp³-hybridized carbons (Fsp3) is 0.167. The molecule has 3 aromatic rings. The van der Waals surface area contributed by atoms with E-state index in [1.165, 1.54) is 23.3 Å². The van der Waals surface area contributed by atoms with E-state index in [9.17, 15) is 14.7 Å². The minimum atomic E-state index is -0.723. The molecule has 6 nitrogen and oxygen atoms in total. The molecule has 0 aliphatic carbocycles. The van der Waals surface area contributed by atoms with Crippen molar-refractivity contribution >= 4 is 28.8 Å². The minimum absolute atomic E-state index is 0.0555. The maximum atomic E-state index is 13.1. The summed E-state index contributed by atoms with van der Waals surface area (Å²) in [6.45, 7) is 0.272. The quantitative estimate of drug-likeness (QED) is 0.353. The van der Waals surface area contributed by atoms with Crippen molar-refractivity contribution < 1.29 is 24.2 Å². The molecule has 2 aromatic carbocycles. The number of amides is 1. The second-order valence-electron chi connectivity index (χ2n) is 7.01. The Bertz CT molecular complexity index is 1140. The average Bonchev–Trinajstić information content (AvgIpc) is 3.41. The van der Waals surface area contributed by atoms with Crippen LogP contribution in [0.3, 0.4) is 0 Å². The summed E-state index contributed by atoms with van der Waals surface area (Å²) < 4.78 is 10.5. The highest BCUT2D eigenvalue weighted by molar-refractivity contribution is 7.09. The number of nitrogens with zero attached hydrogens (tertiary/aromatic N) is 1. The van der Waals surface area contributed by atoms with Crippen molar-refractivity contribution in [3.05, 3.63) is 87.6 Å². The molecule has 0 spiro atoms. The molecule has 1 unspecified atom stereocenters. The molecule has 4 rings (SSSR count). The molecule has 1 saturated heterocycles. The van der Waals surface area contributed by atoms with Gasteiger partial charge in [-0.3, -0.25) is 9.59 Å². The number of aliphatic hydroxyl groups is 1. The smallest absolute Gasteiger partial charge is 0.295 e. The Kier molecular flexibility index (Phi) is 5.77. The number of carbonyl (C=O) groups excluding carboxylic acids is 2. The van der Waals surface area contributed by atoms with Gasteiger partial charge in [0.1, 0.15) is 17.3 Å². The molecule has 2 heterocycles. The van der Waals surface area contributed by atoms with E-state index in [1.54, 1.807) is 55.6 Å². The van der Waals surface area contributed by atoms with Crippen LogP contribution in [0, 0.1) is 0 Å². The highest BCUT2D eigenvalue weighted by Gasteiger charge is 2.46. The molecule has 0 saturated carbocycles. The zero-order chi connectivity index (χ0) is 22.0. The monoisotopic (exact) mass is 435 g/mol. The molecular formula is C24H21NO5S. The van der Waals surface area contributed by atoms with Gasteiger partial charge in [-0.15, -0.1) is 11.3 Å². The van der Waals surface area contributed by atoms with Gasteiger partial charge in [-0.2, -0.15) is 0 Å². The predicted octanol–water partition coefficient (Wildman–Crippen LogP) is 4.39. The van der Waals surface area contributed by atoms with Gasteiger partial charge in [-0.1, -0.05) is 30.3 Å². The summed E-state index contributed by atoms with van der Waals surface area (Å²) in [5.41, 5.74) is 1.17. The van der Waals surface area contributed by atoms with Crippen LogP contribution in [0.15, 0.2) is 71.6 Å². The standard InChI is InChI=1S/C24H21NO5S/c1-29-17-10-8-15(9-11-17)21-20(22(26)16-5-3-6-18(13-16)30-2)23(27)24(28)25(21)14-19-7-4-12-31-19/h3-13,21,26H,14H2,1-2H3/b22-20-. The number of Topliss-reactive ketones (excluding diaryl/α,β-unsaturated/α-hetero) is 1. The summed E-state index contributed by atoms with van der Waals surface area (Å²) in [7, 11) is 3.09. The van der Waals surface area contributed by atoms with Gasteiger partial charge in [0.05, 0.1) is 32.4 Å². The Hall–Kier alpha value is -3.58. The molecule has 7 heteroatoms. The lowest BCUT2D eigenvalue weighted by Gasteiger charge is -2.25. The lowest BCUT2D eigenvalue weighted by molar-refractivity contribution is -0.140. The van der Waals surface area contributed by atoms with E-state index in [0.717, 1.165) is 4.88 Å². The SMILES string of the molecule is COc1ccc(C2/C(=C(/O)c3cccc(OC)c3)C(=O)C(=O)N2Cc2cccs2)cc1. The van der Waals surface area contributed by atoms with Crippen molar-refractivity contribution in [1.29, 1.82) is 0 Å². The first-order valence-electron chi connectivity index (χ1n) is 9.62. The summed E-state index contributed by atoms with van der Waals surface area (Å²) in [4.78, 5) is 28.5. The Morgan fingerprint density at radius 3 is 2.39 bits per heavy atom. The van der Waals surface area contributed by atoms with Gasteiger partial charge in [0, 0.05) is 10.4 Å². The largest absolute Gasteiger partial charge is 0.507 e. The first kappa shape index (κ1) is 20.7. The van der Waals surface area contributed by atoms with E-state index in [0.29, 0.717) is 22.6 Å². The van der Waals surface area contributed by atoms with Crippen LogP contribution in [0.25, 0.3) is 5.76 Å². The summed E-state index contributed by atoms with van der Waals surface area (Å²) in [5.74, 6) is -0.382. The Morgan fingerprint density at radius 2 is 1.74 bits per heavy atom. The van der Waals surface area contributed by atoms with Crippen LogP contribution in [0.5, 0.6) is 11.5 Å². The molecule has 158 valence electrons. The van der Waals surface area contributed by atoms with Crippen LogP contribution in [0.1, 0.15) is 22.0 Å². The zero-order valence-corrected chi connectivity index (χ0v) is 17.9. The van der Waals surface area contributed by atoms with Gasteiger partial charge >= 0.3 is 0 Å². The van der Waals surface area contributed by atoms with Crippen LogP contribution in [-0.2, 0) is 16.1 Å². The average molecular weight is 436 g/mol. The number of ether oxygens (including phenoxy) is 2. The summed E-state index contributed by atoms with van der Waals surface area (Å²) in [5, 5.41) is 13.0. The molecule has 31 heavy (non-hydrogen) atoms. The first-order valence-corrected chi connectivity index (χ1v) is 10.5. The second kappa shape index (κ2) is 8.65. The number of likely N-dealkylation sites (tertiary alicyclic amines) is 1. The molecule has 0 radical (unpaired) electrons. The number of hydrogen-bond donors (Lipinski definition) is 1. The highest BCUT2D eigenvalue weighted by Crippen LogP contribution is 2.41. The zero-order valence-electron chi connectivity index (χ0n) is 17.1. The normalized spacial score (nSPS) is 17.7. The third kappa shape index (κ3) is 3.92. The molecule has 1 aliphatic rings. The fourth-order valence-electron chi connectivity index (χ4n) is 3.67.